The molecule has 1 heterocycles. The summed E-state index contributed by atoms with van der Waals surface area (Å²) >= 11 is 0. The summed E-state index contributed by atoms with van der Waals surface area (Å²) in [7, 11) is 0. The molecule has 120 valence electrons. The molecule has 1 aromatic heterocycles. The van der Waals surface area contributed by atoms with Crippen molar-refractivity contribution in [2.75, 3.05) is 13.2 Å². The van der Waals surface area contributed by atoms with Crippen molar-refractivity contribution in [2.24, 2.45) is 0 Å². The fraction of sp³-hybridized carbons (Fsp3) is 0.765. The second-order valence-corrected chi connectivity index (χ2v) is 6.39. The Kier molecular flexibility index (Phi) is 6.74. The maximum absolute atomic E-state index is 10.2. The van der Waals surface area contributed by atoms with Crippen molar-refractivity contribution >= 4 is 0 Å². The third kappa shape index (κ3) is 5.81. The Labute approximate surface area is 128 Å². The Morgan fingerprint density at radius 1 is 1.33 bits per heavy atom. The molecular formula is C17H29NO3. The lowest BCUT2D eigenvalue weighted by Gasteiger charge is -2.35. The largest absolute Gasteiger partial charge is 0.472 e. The van der Waals surface area contributed by atoms with E-state index in [1.165, 1.54) is 37.7 Å². The fourth-order valence-electron chi connectivity index (χ4n) is 3.03. The molecule has 0 spiro atoms. The average molecular weight is 295 g/mol. The molecule has 0 aromatic carbocycles. The van der Waals surface area contributed by atoms with Crippen molar-refractivity contribution in [3.63, 3.8) is 0 Å². The Morgan fingerprint density at radius 3 is 2.71 bits per heavy atom. The van der Waals surface area contributed by atoms with Gasteiger partial charge in [-0.15, -0.1) is 0 Å². The maximum atomic E-state index is 10.2. The highest BCUT2D eigenvalue weighted by molar-refractivity contribution is 5.05. The van der Waals surface area contributed by atoms with Gasteiger partial charge in [0.2, 0.25) is 0 Å². The molecule has 0 aliphatic heterocycles. The molecule has 1 atom stereocenters. The van der Waals surface area contributed by atoms with E-state index in [0.29, 0.717) is 19.2 Å². The maximum Gasteiger partial charge on any atom is 0.0947 e. The van der Waals surface area contributed by atoms with Gasteiger partial charge in [0, 0.05) is 24.7 Å². The zero-order valence-electron chi connectivity index (χ0n) is 13.3. The molecule has 1 N–H and O–H groups in total. The van der Waals surface area contributed by atoms with Crippen molar-refractivity contribution in [3.8, 4) is 0 Å². The Balaban J connectivity index is 1.90. The van der Waals surface area contributed by atoms with Crippen LogP contribution in [0.4, 0.5) is 0 Å². The van der Waals surface area contributed by atoms with Crippen molar-refractivity contribution in [1.82, 2.24) is 4.90 Å². The minimum Gasteiger partial charge on any atom is -0.472 e. The van der Waals surface area contributed by atoms with Crippen molar-refractivity contribution < 1.29 is 14.3 Å². The summed E-state index contributed by atoms with van der Waals surface area (Å²) in [6.07, 6.45) is 9.65. The zero-order chi connectivity index (χ0) is 15.1. The summed E-state index contributed by atoms with van der Waals surface area (Å²) < 4.78 is 10.7. The highest BCUT2D eigenvalue weighted by Gasteiger charge is 2.23. The van der Waals surface area contributed by atoms with Crippen LogP contribution in [-0.4, -0.2) is 41.4 Å². The van der Waals surface area contributed by atoms with Crippen molar-refractivity contribution in [3.05, 3.63) is 24.2 Å². The van der Waals surface area contributed by atoms with Gasteiger partial charge in [0.25, 0.3) is 0 Å². The smallest absolute Gasteiger partial charge is 0.0947 e. The summed E-state index contributed by atoms with van der Waals surface area (Å²) in [5.41, 5.74) is 1.18. The number of aliphatic hydroxyl groups excluding tert-OH is 1. The third-order valence-electron chi connectivity index (χ3n) is 4.12. The first-order valence-corrected chi connectivity index (χ1v) is 8.20. The number of nitrogens with zero attached hydrogens (tertiary/aromatic N) is 1. The normalized spacial score (nSPS) is 18.5. The van der Waals surface area contributed by atoms with E-state index < -0.39 is 6.10 Å². The predicted molar refractivity (Wildman–Crippen MR) is 83.1 cm³/mol. The molecule has 0 amide bonds. The van der Waals surface area contributed by atoms with E-state index in [9.17, 15) is 5.11 Å². The van der Waals surface area contributed by atoms with Crippen LogP contribution in [0.3, 0.4) is 0 Å². The molecule has 0 saturated heterocycles. The van der Waals surface area contributed by atoms with Crippen LogP contribution in [0.2, 0.25) is 0 Å². The van der Waals surface area contributed by atoms with E-state index in [1.54, 1.807) is 12.5 Å². The molecule has 1 fully saturated rings. The van der Waals surface area contributed by atoms with Gasteiger partial charge in [-0.2, -0.15) is 0 Å². The number of furan rings is 1. The predicted octanol–water partition coefficient (Wildman–Crippen LogP) is 3.20. The van der Waals surface area contributed by atoms with Crippen LogP contribution in [0.25, 0.3) is 0 Å². The van der Waals surface area contributed by atoms with Crippen LogP contribution in [-0.2, 0) is 11.3 Å². The van der Waals surface area contributed by atoms with E-state index in [4.69, 9.17) is 9.15 Å². The van der Waals surface area contributed by atoms with Gasteiger partial charge in [0.15, 0.2) is 0 Å². The number of aliphatic hydroxyl groups is 1. The zero-order valence-corrected chi connectivity index (χ0v) is 13.3. The highest BCUT2D eigenvalue weighted by atomic mass is 16.5. The monoisotopic (exact) mass is 295 g/mol. The second-order valence-electron chi connectivity index (χ2n) is 6.39. The molecule has 0 bridgehead atoms. The van der Waals surface area contributed by atoms with Crippen LogP contribution in [0, 0.1) is 0 Å². The quantitative estimate of drug-likeness (QED) is 0.800. The van der Waals surface area contributed by atoms with Crippen LogP contribution >= 0.6 is 0 Å². The Bertz CT molecular complexity index is 371. The highest BCUT2D eigenvalue weighted by Crippen LogP contribution is 2.24. The molecule has 4 heteroatoms. The van der Waals surface area contributed by atoms with Crippen LogP contribution in [0.15, 0.2) is 23.0 Å². The van der Waals surface area contributed by atoms with Gasteiger partial charge in [0.1, 0.15) is 0 Å². The molecule has 21 heavy (non-hydrogen) atoms. The van der Waals surface area contributed by atoms with E-state index in [-0.39, 0.29) is 6.10 Å². The standard InChI is InChI=1S/C17H29NO3/c1-14(2)21-13-17(19)11-18(10-15-8-9-20-12-15)16-6-4-3-5-7-16/h8-9,12,14,16-17,19H,3-7,10-11,13H2,1-2H3. The van der Waals surface area contributed by atoms with Crippen LogP contribution < -0.4 is 0 Å². The number of hydrogen-bond donors (Lipinski definition) is 1. The van der Waals surface area contributed by atoms with Gasteiger partial charge < -0.3 is 14.3 Å². The van der Waals surface area contributed by atoms with Gasteiger partial charge in [-0.05, 0) is 32.8 Å². The van der Waals surface area contributed by atoms with Gasteiger partial charge >= 0.3 is 0 Å². The summed E-state index contributed by atoms with van der Waals surface area (Å²) in [6.45, 7) is 5.92. The molecule has 1 aliphatic carbocycles. The first-order chi connectivity index (χ1) is 10.1. The summed E-state index contributed by atoms with van der Waals surface area (Å²) in [6, 6.07) is 2.58. The molecule has 2 rings (SSSR count). The minimum absolute atomic E-state index is 0.164. The third-order valence-corrected chi connectivity index (χ3v) is 4.12. The van der Waals surface area contributed by atoms with Gasteiger partial charge in [0.05, 0.1) is 31.3 Å². The Hall–Kier alpha value is -0.840. The topological polar surface area (TPSA) is 45.8 Å². The molecule has 4 nitrogen and oxygen atoms in total. The molecule has 1 aliphatic rings. The lowest BCUT2D eigenvalue weighted by molar-refractivity contribution is -0.0185. The summed E-state index contributed by atoms with van der Waals surface area (Å²) in [5.74, 6) is 0. The average Bonchev–Trinajstić information content (AvgIpc) is 2.98. The van der Waals surface area contributed by atoms with Gasteiger partial charge in [-0.3, -0.25) is 4.90 Å². The second kappa shape index (κ2) is 8.57. The van der Waals surface area contributed by atoms with Crippen molar-refractivity contribution in [1.29, 1.82) is 0 Å². The van der Waals surface area contributed by atoms with Crippen LogP contribution in [0.1, 0.15) is 51.5 Å². The van der Waals surface area contributed by atoms with Crippen LogP contribution in [0.5, 0.6) is 0 Å². The molecule has 0 radical (unpaired) electrons. The van der Waals surface area contributed by atoms with E-state index in [0.717, 1.165) is 6.54 Å². The van der Waals surface area contributed by atoms with Gasteiger partial charge in [-0.1, -0.05) is 19.3 Å². The molecule has 1 saturated carbocycles. The number of rotatable bonds is 8. The van der Waals surface area contributed by atoms with E-state index in [2.05, 4.69) is 4.90 Å². The Morgan fingerprint density at radius 2 is 2.10 bits per heavy atom. The summed E-state index contributed by atoms with van der Waals surface area (Å²) in [4.78, 5) is 2.40. The van der Waals surface area contributed by atoms with Crippen molar-refractivity contribution in [2.45, 2.75) is 70.7 Å². The molecule has 1 unspecified atom stereocenters. The number of ether oxygens (including phenoxy) is 1. The molecular weight excluding hydrogens is 266 g/mol. The first kappa shape index (κ1) is 16.5. The number of hydrogen-bond acceptors (Lipinski definition) is 4. The molecule has 1 aromatic rings. The SMILES string of the molecule is CC(C)OCC(O)CN(Cc1ccoc1)C1CCCCC1. The lowest BCUT2D eigenvalue weighted by atomic mass is 9.93. The fourth-order valence-corrected chi connectivity index (χ4v) is 3.03. The summed E-state index contributed by atoms with van der Waals surface area (Å²) in [5, 5.41) is 10.2. The van der Waals surface area contributed by atoms with E-state index in [1.807, 2.05) is 19.9 Å². The first-order valence-electron chi connectivity index (χ1n) is 8.20. The lowest BCUT2D eigenvalue weighted by Crippen LogP contribution is -2.42. The van der Waals surface area contributed by atoms with Gasteiger partial charge in [-0.25, -0.2) is 0 Å². The van der Waals surface area contributed by atoms with E-state index >= 15 is 0 Å². The minimum atomic E-state index is -0.429.